The fraction of sp³-hybridized carbons (Fsp3) is 0.941. The highest BCUT2D eigenvalue weighted by Gasteiger charge is 2.24. The molecule has 1 amide bonds. The number of amides is 1. The van der Waals surface area contributed by atoms with Crippen LogP contribution in [0.25, 0.3) is 0 Å². The first-order chi connectivity index (χ1) is 11.4. The number of primary amides is 1. The molecule has 6 nitrogen and oxygen atoms in total. The highest BCUT2D eigenvalue weighted by Crippen LogP contribution is 2.12. The van der Waals surface area contributed by atoms with E-state index in [-0.39, 0.29) is 0 Å². The van der Waals surface area contributed by atoms with Crippen LogP contribution in [0.1, 0.15) is 90.9 Å². The summed E-state index contributed by atoms with van der Waals surface area (Å²) in [7, 11) is -4.06. The number of rotatable bonds is 16. The van der Waals surface area contributed by atoms with E-state index in [4.69, 9.17) is 5.73 Å². The topological polar surface area (TPSA) is 89.7 Å². The Labute approximate surface area is 148 Å². The van der Waals surface area contributed by atoms with Crippen molar-refractivity contribution in [3.05, 3.63) is 0 Å². The van der Waals surface area contributed by atoms with Crippen LogP contribution in [-0.4, -0.2) is 31.9 Å². The average Bonchev–Trinajstić information content (AvgIpc) is 2.50. The number of unbranched alkanes of at least 4 members (excludes halogenated alkanes) is 10. The molecule has 0 aromatic heterocycles. The quantitative estimate of drug-likeness (QED) is 0.412. The molecular formula is C17H36N2O4S. The molecule has 7 heteroatoms. The fourth-order valence-corrected chi connectivity index (χ4v) is 3.65. The maximum absolute atomic E-state index is 12.1. The number of nitrogens with zero attached hydrogens (tertiary/aromatic N) is 1. The smallest absolute Gasteiger partial charge is 0.334 e. The Hall–Kier alpha value is -0.820. The van der Waals surface area contributed by atoms with Crippen LogP contribution in [0.2, 0.25) is 0 Å². The molecule has 0 atom stereocenters. The molecular weight excluding hydrogens is 328 g/mol. The summed E-state index contributed by atoms with van der Waals surface area (Å²) < 4.78 is 29.7. The summed E-state index contributed by atoms with van der Waals surface area (Å²) in [5, 5.41) is 0. The van der Waals surface area contributed by atoms with Crippen molar-refractivity contribution in [3.8, 4) is 0 Å². The first-order valence-electron chi connectivity index (χ1n) is 9.43. The van der Waals surface area contributed by atoms with Crippen molar-refractivity contribution in [2.45, 2.75) is 90.9 Å². The van der Waals surface area contributed by atoms with Crippen LogP contribution in [0.3, 0.4) is 0 Å². The molecule has 24 heavy (non-hydrogen) atoms. The summed E-state index contributed by atoms with van der Waals surface area (Å²) in [4.78, 5) is 10.8. The Morgan fingerprint density at radius 2 is 1.17 bits per heavy atom. The van der Waals surface area contributed by atoms with Crippen LogP contribution < -0.4 is 5.73 Å². The van der Waals surface area contributed by atoms with Gasteiger partial charge >= 0.3 is 16.4 Å². The van der Waals surface area contributed by atoms with Crippen LogP contribution in [0.4, 0.5) is 4.79 Å². The van der Waals surface area contributed by atoms with Crippen molar-refractivity contribution in [1.82, 2.24) is 4.31 Å². The predicted octanol–water partition coefficient (Wildman–Crippen LogP) is 4.35. The van der Waals surface area contributed by atoms with E-state index in [2.05, 4.69) is 18.0 Å². The first-order valence-corrected chi connectivity index (χ1v) is 10.8. The summed E-state index contributed by atoms with van der Waals surface area (Å²) in [6, 6.07) is 0. The molecule has 0 saturated carbocycles. The van der Waals surface area contributed by atoms with Crippen molar-refractivity contribution in [3.63, 3.8) is 0 Å². The lowest BCUT2D eigenvalue weighted by atomic mass is 10.1. The lowest BCUT2D eigenvalue weighted by molar-refractivity contribution is 0.205. The summed E-state index contributed by atoms with van der Waals surface area (Å²) in [5.74, 6) is 0. The van der Waals surface area contributed by atoms with Gasteiger partial charge in [0.25, 0.3) is 0 Å². The van der Waals surface area contributed by atoms with Gasteiger partial charge in [0.1, 0.15) is 0 Å². The van der Waals surface area contributed by atoms with Crippen molar-refractivity contribution in [1.29, 1.82) is 0 Å². The second-order valence-electron chi connectivity index (χ2n) is 6.29. The number of carbonyl (C=O) groups excluding carboxylic acids is 1. The standard InChI is InChI=1S/C17H36N2O4S/c1-3-5-7-9-11-13-15-19(24(21,22)23-17(18)20)16-14-12-10-8-6-4-2/h3-16H2,1-2H3,(H2,18,20). The molecule has 0 radical (unpaired) electrons. The highest BCUT2D eigenvalue weighted by molar-refractivity contribution is 7.84. The van der Waals surface area contributed by atoms with Crippen LogP contribution in [0, 0.1) is 0 Å². The van der Waals surface area contributed by atoms with Crippen LogP contribution >= 0.6 is 0 Å². The van der Waals surface area contributed by atoms with Gasteiger partial charge in [0.05, 0.1) is 0 Å². The van der Waals surface area contributed by atoms with E-state index in [0.717, 1.165) is 38.5 Å². The minimum absolute atomic E-state index is 0.386. The van der Waals surface area contributed by atoms with Gasteiger partial charge in [0.2, 0.25) is 0 Å². The minimum Gasteiger partial charge on any atom is -0.334 e. The average molecular weight is 365 g/mol. The molecule has 0 aromatic rings. The minimum atomic E-state index is -4.06. The van der Waals surface area contributed by atoms with Gasteiger partial charge in [-0.25, -0.2) is 4.79 Å². The van der Waals surface area contributed by atoms with Crippen molar-refractivity contribution in [2.75, 3.05) is 13.1 Å². The monoisotopic (exact) mass is 364 g/mol. The molecule has 0 aliphatic rings. The molecule has 0 aliphatic heterocycles. The van der Waals surface area contributed by atoms with E-state index < -0.39 is 16.4 Å². The molecule has 0 bridgehead atoms. The van der Waals surface area contributed by atoms with E-state index in [0.29, 0.717) is 13.1 Å². The number of nitrogens with two attached hydrogens (primary N) is 1. The second kappa shape index (κ2) is 14.5. The number of hydrogen-bond acceptors (Lipinski definition) is 4. The molecule has 144 valence electrons. The molecule has 2 N–H and O–H groups in total. The SMILES string of the molecule is CCCCCCCCN(CCCCCCCC)S(=O)(=O)OC(N)=O. The third-order valence-corrected chi connectivity index (χ3v) is 5.40. The molecule has 0 spiro atoms. The summed E-state index contributed by atoms with van der Waals surface area (Å²) in [6.45, 7) is 5.10. The maximum Gasteiger partial charge on any atom is 0.421 e. The number of carbonyl (C=O) groups is 1. The molecule has 0 rings (SSSR count). The Morgan fingerprint density at radius 1 is 0.792 bits per heavy atom. The maximum atomic E-state index is 12.1. The molecule has 0 saturated heterocycles. The molecule has 0 fully saturated rings. The van der Waals surface area contributed by atoms with Gasteiger partial charge in [0.15, 0.2) is 0 Å². The van der Waals surface area contributed by atoms with Gasteiger partial charge in [-0.2, -0.15) is 12.7 Å². The molecule has 0 heterocycles. The Morgan fingerprint density at radius 3 is 1.54 bits per heavy atom. The van der Waals surface area contributed by atoms with Crippen LogP contribution in [-0.2, 0) is 14.5 Å². The third kappa shape index (κ3) is 12.6. The zero-order chi connectivity index (χ0) is 18.3. The molecule has 0 unspecified atom stereocenters. The van der Waals surface area contributed by atoms with Gasteiger partial charge in [-0.1, -0.05) is 78.1 Å². The van der Waals surface area contributed by atoms with Gasteiger partial charge in [-0.3, -0.25) is 0 Å². The largest absolute Gasteiger partial charge is 0.421 e. The van der Waals surface area contributed by atoms with E-state index in [9.17, 15) is 13.2 Å². The van der Waals surface area contributed by atoms with Gasteiger partial charge in [-0.15, -0.1) is 0 Å². The zero-order valence-corrected chi connectivity index (χ0v) is 16.3. The van der Waals surface area contributed by atoms with Crippen LogP contribution in [0.15, 0.2) is 0 Å². The van der Waals surface area contributed by atoms with Crippen molar-refractivity contribution < 1.29 is 17.4 Å². The zero-order valence-electron chi connectivity index (χ0n) is 15.5. The molecule has 0 aliphatic carbocycles. The molecule has 0 aromatic carbocycles. The van der Waals surface area contributed by atoms with E-state index >= 15 is 0 Å². The summed E-state index contributed by atoms with van der Waals surface area (Å²) in [5.41, 5.74) is 4.87. The predicted molar refractivity (Wildman–Crippen MR) is 97.9 cm³/mol. The lowest BCUT2D eigenvalue weighted by Gasteiger charge is -2.20. The van der Waals surface area contributed by atoms with E-state index in [1.807, 2.05) is 0 Å². The highest BCUT2D eigenvalue weighted by atomic mass is 32.2. The Bertz CT molecular complexity index is 397. The van der Waals surface area contributed by atoms with E-state index in [1.54, 1.807) is 0 Å². The van der Waals surface area contributed by atoms with Crippen molar-refractivity contribution >= 4 is 16.4 Å². The first kappa shape index (κ1) is 23.2. The Balaban J connectivity index is 4.26. The van der Waals surface area contributed by atoms with E-state index in [1.165, 1.54) is 42.8 Å². The second-order valence-corrected chi connectivity index (χ2v) is 7.83. The van der Waals surface area contributed by atoms with Crippen molar-refractivity contribution in [2.24, 2.45) is 5.73 Å². The normalized spacial score (nSPS) is 11.8. The van der Waals surface area contributed by atoms with Gasteiger partial charge < -0.3 is 9.92 Å². The summed E-state index contributed by atoms with van der Waals surface area (Å²) in [6.07, 6.45) is 11.6. The Kier molecular flexibility index (Phi) is 14.0. The third-order valence-electron chi connectivity index (χ3n) is 4.03. The fourth-order valence-electron chi connectivity index (χ4n) is 2.63. The van der Waals surface area contributed by atoms with Gasteiger partial charge in [0, 0.05) is 13.1 Å². The lowest BCUT2D eigenvalue weighted by Crippen LogP contribution is -2.37. The van der Waals surface area contributed by atoms with Gasteiger partial charge in [-0.05, 0) is 12.8 Å². The van der Waals surface area contributed by atoms with Crippen LogP contribution in [0.5, 0.6) is 0 Å². The summed E-state index contributed by atoms with van der Waals surface area (Å²) >= 11 is 0. The number of hydrogen-bond donors (Lipinski definition) is 1.